The van der Waals surface area contributed by atoms with E-state index in [9.17, 15) is 9.18 Å². The summed E-state index contributed by atoms with van der Waals surface area (Å²) >= 11 is 0. The van der Waals surface area contributed by atoms with Crippen LogP contribution in [0.2, 0.25) is 0 Å². The summed E-state index contributed by atoms with van der Waals surface area (Å²) < 4.78 is 15.3. The van der Waals surface area contributed by atoms with Crippen LogP contribution >= 0.6 is 0 Å². The van der Waals surface area contributed by atoms with Crippen LogP contribution in [-0.2, 0) is 17.8 Å². The number of piperidine rings is 1. The summed E-state index contributed by atoms with van der Waals surface area (Å²) in [5, 5.41) is 0. The Morgan fingerprint density at radius 2 is 2.07 bits per heavy atom. The van der Waals surface area contributed by atoms with Gasteiger partial charge in [0.25, 0.3) is 0 Å². The molecule has 6 heteroatoms. The van der Waals surface area contributed by atoms with Crippen LogP contribution in [0.25, 0.3) is 0 Å². The number of benzene rings is 1. The van der Waals surface area contributed by atoms with Crippen molar-refractivity contribution in [2.75, 3.05) is 33.7 Å². The molecule has 1 fully saturated rings. The highest BCUT2D eigenvalue weighted by Gasteiger charge is 2.27. The van der Waals surface area contributed by atoms with Gasteiger partial charge in [-0.3, -0.25) is 4.79 Å². The second kappa shape index (κ2) is 9.13. The Morgan fingerprint density at radius 1 is 1.30 bits per heavy atom. The van der Waals surface area contributed by atoms with E-state index in [1.165, 1.54) is 12.1 Å². The van der Waals surface area contributed by atoms with Crippen LogP contribution in [-0.4, -0.2) is 59.0 Å². The Hall–Kier alpha value is -2.21. The highest BCUT2D eigenvalue weighted by molar-refractivity contribution is 5.79. The minimum Gasteiger partial charge on any atom is -0.342 e. The Labute approximate surface area is 160 Å². The van der Waals surface area contributed by atoms with Gasteiger partial charge in [-0.2, -0.15) is 0 Å². The van der Waals surface area contributed by atoms with Gasteiger partial charge in [0.15, 0.2) is 0 Å². The lowest BCUT2D eigenvalue weighted by molar-refractivity contribution is -0.131. The minimum atomic E-state index is -0.273. The number of carbonyl (C=O) groups is 1. The maximum Gasteiger partial charge on any atom is 0.227 e. The molecule has 0 bridgehead atoms. The Kier molecular flexibility index (Phi) is 6.61. The number of hydrogen-bond acceptors (Lipinski definition) is 3. The number of aryl methyl sites for hydroxylation is 1. The number of imidazole rings is 1. The molecule has 0 unspecified atom stereocenters. The standard InChI is InChI=1S/C21H29FN4O/c1-24(2)11-4-13-25-14-10-23-21(25)18-5-3-12-26(16-18)20(27)15-17-6-8-19(22)9-7-17/h6-10,14,18H,3-5,11-13,15-16H2,1-2H3/t18-/m1/s1. The summed E-state index contributed by atoms with van der Waals surface area (Å²) in [6.45, 7) is 3.50. The summed E-state index contributed by atoms with van der Waals surface area (Å²) in [7, 11) is 4.17. The molecular weight excluding hydrogens is 343 g/mol. The van der Waals surface area contributed by atoms with Crippen LogP contribution in [0.15, 0.2) is 36.7 Å². The third-order valence-corrected chi connectivity index (χ3v) is 5.16. The van der Waals surface area contributed by atoms with Gasteiger partial charge in [-0.25, -0.2) is 9.37 Å². The first-order valence-electron chi connectivity index (χ1n) is 9.71. The fourth-order valence-corrected chi connectivity index (χ4v) is 3.73. The van der Waals surface area contributed by atoms with Gasteiger partial charge in [0, 0.05) is 37.9 Å². The van der Waals surface area contributed by atoms with Crippen molar-refractivity contribution in [2.45, 2.75) is 38.1 Å². The first kappa shape index (κ1) is 19.5. The van der Waals surface area contributed by atoms with Gasteiger partial charge in [-0.15, -0.1) is 0 Å². The van der Waals surface area contributed by atoms with E-state index in [2.05, 4.69) is 28.5 Å². The molecule has 0 spiro atoms. The van der Waals surface area contributed by atoms with Gasteiger partial charge >= 0.3 is 0 Å². The van der Waals surface area contributed by atoms with E-state index in [0.717, 1.165) is 50.3 Å². The van der Waals surface area contributed by atoms with Crippen LogP contribution in [0.5, 0.6) is 0 Å². The zero-order valence-corrected chi connectivity index (χ0v) is 16.3. The molecule has 27 heavy (non-hydrogen) atoms. The molecule has 1 aliphatic heterocycles. The lowest BCUT2D eigenvalue weighted by atomic mass is 9.96. The molecule has 1 aromatic heterocycles. The number of likely N-dealkylation sites (tertiary alicyclic amines) is 1. The highest BCUT2D eigenvalue weighted by Crippen LogP contribution is 2.26. The molecule has 146 valence electrons. The van der Waals surface area contributed by atoms with E-state index in [0.29, 0.717) is 13.0 Å². The average molecular weight is 372 g/mol. The number of amides is 1. The second-order valence-electron chi connectivity index (χ2n) is 7.62. The quantitative estimate of drug-likeness (QED) is 0.750. The second-order valence-corrected chi connectivity index (χ2v) is 7.62. The van der Waals surface area contributed by atoms with Gasteiger partial charge in [0.05, 0.1) is 6.42 Å². The van der Waals surface area contributed by atoms with Gasteiger partial charge in [-0.1, -0.05) is 12.1 Å². The predicted octanol–water partition coefficient (Wildman–Crippen LogP) is 2.92. The summed E-state index contributed by atoms with van der Waals surface area (Å²) in [5.74, 6) is 1.21. The van der Waals surface area contributed by atoms with E-state index in [1.54, 1.807) is 12.1 Å². The van der Waals surface area contributed by atoms with Crippen LogP contribution in [0.3, 0.4) is 0 Å². The Balaban J connectivity index is 1.60. The highest BCUT2D eigenvalue weighted by atomic mass is 19.1. The number of hydrogen-bond donors (Lipinski definition) is 0. The Morgan fingerprint density at radius 3 is 2.81 bits per heavy atom. The fourth-order valence-electron chi connectivity index (χ4n) is 3.73. The minimum absolute atomic E-state index is 0.108. The predicted molar refractivity (Wildman–Crippen MR) is 104 cm³/mol. The number of rotatable bonds is 7. The van der Waals surface area contributed by atoms with Crippen LogP contribution < -0.4 is 0 Å². The largest absolute Gasteiger partial charge is 0.342 e. The zero-order valence-electron chi connectivity index (χ0n) is 16.3. The van der Waals surface area contributed by atoms with Gasteiger partial charge < -0.3 is 14.4 Å². The van der Waals surface area contributed by atoms with Gasteiger partial charge in [0.1, 0.15) is 11.6 Å². The Bertz CT molecular complexity index is 741. The van der Waals surface area contributed by atoms with Crippen molar-refractivity contribution in [3.8, 4) is 0 Å². The molecule has 2 heterocycles. The molecule has 0 N–H and O–H groups in total. The molecule has 1 atom stereocenters. The van der Waals surface area contributed by atoms with E-state index in [4.69, 9.17) is 0 Å². The smallest absolute Gasteiger partial charge is 0.227 e. The van der Waals surface area contributed by atoms with Crippen molar-refractivity contribution in [1.82, 2.24) is 19.4 Å². The zero-order chi connectivity index (χ0) is 19.2. The summed E-state index contributed by atoms with van der Waals surface area (Å²) in [5.41, 5.74) is 0.855. The maximum absolute atomic E-state index is 13.1. The molecule has 1 aromatic carbocycles. The lowest BCUT2D eigenvalue weighted by Crippen LogP contribution is -2.40. The van der Waals surface area contributed by atoms with Crippen molar-refractivity contribution in [3.63, 3.8) is 0 Å². The number of nitrogens with zero attached hydrogens (tertiary/aromatic N) is 4. The fraction of sp³-hybridized carbons (Fsp3) is 0.524. The number of aromatic nitrogens is 2. The van der Waals surface area contributed by atoms with Crippen molar-refractivity contribution >= 4 is 5.91 Å². The maximum atomic E-state index is 13.1. The van der Waals surface area contributed by atoms with Crippen molar-refractivity contribution < 1.29 is 9.18 Å². The molecule has 1 amide bonds. The SMILES string of the molecule is CN(C)CCCn1ccnc1[C@@H]1CCCN(C(=O)Cc2ccc(F)cc2)C1. The summed E-state index contributed by atoms with van der Waals surface area (Å²) in [6.07, 6.45) is 7.37. The molecule has 1 saturated heterocycles. The summed E-state index contributed by atoms with van der Waals surface area (Å²) in [6, 6.07) is 6.19. The number of halogens is 1. The average Bonchev–Trinajstić information content (AvgIpc) is 3.12. The van der Waals surface area contributed by atoms with Crippen LogP contribution in [0.1, 0.15) is 36.6 Å². The van der Waals surface area contributed by atoms with Crippen molar-refractivity contribution in [2.24, 2.45) is 0 Å². The van der Waals surface area contributed by atoms with Crippen molar-refractivity contribution in [1.29, 1.82) is 0 Å². The first-order valence-corrected chi connectivity index (χ1v) is 9.71. The number of carbonyl (C=O) groups excluding carboxylic acids is 1. The molecule has 1 aliphatic rings. The first-order chi connectivity index (χ1) is 13.0. The van der Waals surface area contributed by atoms with E-state index in [-0.39, 0.29) is 17.6 Å². The van der Waals surface area contributed by atoms with E-state index < -0.39 is 0 Å². The summed E-state index contributed by atoms with van der Waals surface area (Å²) in [4.78, 5) is 21.4. The molecule has 5 nitrogen and oxygen atoms in total. The van der Waals surface area contributed by atoms with Crippen LogP contribution in [0, 0.1) is 5.82 Å². The van der Waals surface area contributed by atoms with Gasteiger partial charge in [0.2, 0.25) is 5.91 Å². The monoisotopic (exact) mass is 372 g/mol. The molecule has 0 radical (unpaired) electrons. The van der Waals surface area contributed by atoms with Gasteiger partial charge in [-0.05, 0) is 57.6 Å². The lowest BCUT2D eigenvalue weighted by Gasteiger charge is -2.33. The topological polar surface area (TPSA) is 41.4 Å². The third-order valence-electron chi connectivity index (χ3n) is 5.16. The molecule has 0 saturated carbocycles. The normalized spacial score (nSPS) is 17.5. The van der Waals surface area contributed by atoms with E-state index in [1.807, 2.05) is 17.3 Å². The van der Waals surface area contributed by atoms with E-state index >= 15 is 0 Å². The molecule has 3 rings (SSSR count). The van der Waals surface area contributed by atoms with Crippen molar-refractivity contribution in [3.05, 3.63) is 53.9 Å². The molecular formula is C21H29FN4O. The van der Waals surface area contributed by atoms with Crippen LogP contribution in [0.4, 0.5) is 4.39 Å². The molecule has 0 aliphatic carbocycles. The molecule has 2 aromatic rings. The third kappa shape index (κ3) is 5.39.